The summed E-state index contributed by atoms with van der Waals surface area (Å²) in [6, 6.07) is 16.1. The van der Waals surface area contributed by atoms with Crippen molar-refractivity contribution >= 4 is 29.3 Å². The lowest BCUT2D eigenvalue weighted by molar-refractivity contribution is -0.113. The molecule has 0 bridgehead atoms. The smallest absolute Gasteiger partial charge is 0.251 e. The predicted octanol–water partition coefficient (Wildman–Crippen LogP) is 2.74. The first-order valence-electron chi connectivity index (χ1n) is 8.81. The second-order valence-corrected chi connectivity index (χ2v) is 7.74. The second kappa shape index (κ2) is 7.51. The number of nitrogens with one attached hydrogen (secondary N) is 2. The van der Waals surface area contributed by atoms with Crippen LogP contribution in [0.25, 0.3) is 0 Å². The minimum absolute atomic E-state index is 0.0209. The summed E-state index contributed by atoms with van der Waals surface area (Å²) in [5, 5.41) is 5.96. The maximum absolute atomic E-state index is 12.6. The van der Waals surface area contributed by atoms with Crippen LogP contribution in [0.15, 0.2) is 53.4 Å². The largest absolute Gasteiger partial charge is 0.348 e. The maximum atomic E-state index is 12.6. The molecule has 0 saturated carbocycles. The number of fused-ring (bicyclic) bond motifs is 1. The first-order chi connectivity index (χ1) is 12.7. The lowest BCUT2D eigenvalue weighted by Gasteiger charge is -2.18. The first-order valence-corrected chi connectivity index (χ1v) is 9.80. The van der Waals surface area contributed by atoms with Gasteiger partial charge in [-0.2, -0.15) is 0 Å². The van der Waals surface area contributed by atoms with E-state index in [1.54, 1.807) is 6.07 Å². The fourth-order valence-corrected chi connectivity index (χ4v) is 4.22. The van der Waals surface area contributed by atoms with Gasteiger partial charge in [0.05, 0.1) is 11.4 Å². The quantitative estimate of drug-likeness (QED) is 0.872. The van der Waals surface area contributed by atoms with E-state index in [0.717, 1.165) is 36.6 Å². The van der Waals surface area contributed by atoms with E-state index < -0.39 is 0 Å². The average molecular weight is 367 g/mol. The zero-order valence-corrected chi connectivity index (χ0v) is 15.2. The molecule has 1 saturated heterocycles. The van der Waals surface area contributed by atoms with Gasteiger partial charge in [0.25, 0.3) is 5.91 Å². The van der Waals surface area contributed by atoms with Crippen molar-refractivity contribution in [1.29, 1.82) is 0 Å². The van der Waals surface area contributed by atoms with Crippen LogP contribution in [0, 0.1) is 0 Å². The summed E-state index contributed by atoms with van der Waals surface area (Å²) >= 11 is 1.50. The molecular formula is C20H21N3O2S. The molecule has 0 unspecified atom stereocenters. The minimum Gasteiger partial charge on any atom is -0.348 e. The van der Waals surface area contributed by atoms with Gasteiger partial charge >= 0.3 is 0 Å². The third-order valence-electron chi connectivity index (χ3n) is 4.73. The van der Waals surface area contributed by atoms with E-state index in [1.807, 2.05) is 18.2 Å². The van der Waals surface area contributed by atoms with Crippen LogP contribution in [0.4, 0.5) is 5.69 Å². The van der Waals surface area contributed by atoms with Gasteiger partial charge in [-0.05, 0) is 30.2 Å². The molecule has 0 radical (unpaired) electrons. The van der Waals surface area contributed by atoms with Crippen LogP contribution in [0.3, 0.4) is 0 Å². The van der Waals surface area contributed by atoms with Crippen molar-refractivity contribution in [2.45, 2.75) is 23.9 Å². The number of hydrogen-bond acceptors (Lipinski definition) is 4. The third-order valence-corrected chi connectivity index (χ3v) is 5.80. The molecule has 1 fully saturated rings. The number of hydrogen-bond donors (Lipinski definition) is 2. The molecule has 134 valence electrons. The van der Waals surface area contributed by atoms with Crippen LogP contribution in [0.1, 0.15) is 22.3 Å². The number of likely N-dealkylation sites (tertiary alicyclic amines) is 1. The Morgan fingerprint density at radius 2 is 2.08 bits per heavy atom. The van der Waals surface area contributed by atoms with E-state index in [-0.39, 0.29) is 17.9 Å². The summed E-state index contributed by atoms with van der Waals surface area (Å²) < 4.78 is 0. The van der Waals surface area contributed by atoms with Crippen molar-refractivity contribution in [1.82, 2.24) is 10.2 Å². The van der Waals surface area contributed by atoms with Crippen molar-refractivity contribution in [3.05, 3.63) is 59.7 Å². The highest BCUT2D eigenvalue weighted by Gasteiger charge is 2.25. The Balaban J connectivity index is 1.35. The monoisotopic (exact) mass is 367 g/mol. The van der Waals surface area contributed by atoms with Crippen LogP contribution in [-0.2, 0) is 11.3 Å². The van der Waals surface area contributed by atoms with Gasteiger partial charge in [-0.15, -0.1) is 11.8 Å². The Labute approximate surface area is 157 Å². The molecule has 0 aliphatic carbocycles. The summed E-state index contributed by atoms with van der Waals surface area (Å²) in [6.07, 6.45) is 0.954. The van der Waals surface area contributed by atoms with Crippen molar-refractivity contribution in [3.8, 4) is 0 Å². The Morgan fingerprint density at radius 1 is 1.23 bits per heavy atom. The molecule has 2 heterocycles. The van der Waals surface area contributed by atoms with Crippen LogP contribution >= 0.6 is 11.8 Å². The van der Waals surface area contributed by atoms with Crippen molar-refractivity contribution in [3.63, 3.8) is 0 Å². The molecule has 5 nitrogen and oxygen atoms in total. The SMILES string of the molecule is O=C1CSc2ccc(C(=O)N[C@H]3CCN(Cc4ccccc4)C3)cc2N1. The van der Waals surface area contributed by atoms with Crippen LogP contribution in [0.2, 0.25) is 0 Å². The summed E-state index contributed by atoms with van der Waals surface area (Å²) in [4.78, 5) is 27.5. The van der Waals surface area contributed by atoms with Crippen molar-refractivity contribution in [2.75, 3.05) is 24.2 Å². The highest BCUT2D eigenvalue weighted by atomic mass is 32.2. The maximum Gasteiger partial charge on any atom is 0.251 e. The van der Waals surface area contributed by atoms with Gasteiger partial charge in [0.1, 0.15) is 0 Å². The first kappa shape index (κ1) is 17.1. The van der Waals surface area contributed by atoms with E-state index in [9.17, 15) is 9.59 Å². The molecule has 1 atom stereocenters. The van der Waals surface area contributed by atoms with Crippen LogP contribution in [-0.4, -0.2) is 41.6 Å². The number of carbonyl (C=O) groups is 2. The molecule has 6 heteroatoms. The fraction of sp³-hybridized carbons (Fsp3) is 0.300. The number of thioether (sulfide) groups is 1. The van der Waals surface area contributed by atoms with Crippen LogP contribution in [0.5, 0.6) is 0 Å². The van der Waals surface area contributed by atoms with Crippen LogP contribution < -0.4 is 10.6 Å². The summed E-state index contributed by atoms with van der Waals surface area (Å²) in [5.74, 6) is 0.328. The molecule has 26 heavy (non-hydrogen) atoms. The van der Waals surface area contributed by atoms with E-state index in [1.165, 1.54) is 17.3 Å². The Bertz CT molecular complexity index is 825. The fourth-order valence-electron chi connectivity index (χ4n) is 3.43. The van der Waals surface area contributed by atoms with Gasteiger partial charge in [-0.1, -0.05) is 30.3 Å². The van der Waals surface area contributed by atoms with Gasteiger partial charge < -0.3 is 10.6 Å². The zero-order valence-electron chi connectivity index (χ0n) is 14.4. The molecule has 0 aromatic heterocycles. The highest BCUT2D eigenvalue weighted by molar-refractivity contribution is 8.00. The summed E-state index contributed by atoms with van der Waals surface area (Å²) in [5.41, 5.74) is 2.62. The molecule has 0 spiro atoms. The predicted molar refractivity (Wildman–Crippen MR) is 103 cm³/mol. The highest BCUT2D eigenvalue weighted by Crippen LogP contribution is 2.32. The number of rotatable bonds is 4. The lowest BCUT2D eigenvalue weighted by atomic mass is 10.1. The topological polar surface area (TPSA) is 61.4 Å². The standard InChI is InChI=1S/C20H21N3O2S/c24-19-13-26-18-7-6-15(10-17(18)22-19)20(25)21-16-8-9-23(12-16)11-14-4-2-1-3-5-14/h1-7,10,16H,8-9,11-13H2,(H,21,25)(H,22,24)/t16-/m0/s1. The molecule has 2 aromatic carbocycles. The van der Waals surface area contributed by atoms with E-state index in [0.29, 0.717) is 11.3 Å². The third kappa shape index (κ3) is 3.92. The Kier molecular flexibility index (Phi) is 4.95. The normalized spacial score (nSPS) is 19.7. The van der Waals surface area contributed by atoms with E-state index in [4.69, 9.17) is 0 Å². The van der Waals surface area contributed by atoms with Crippen molar-refractivity contribution in [2.24, 2.45) is 0 Å². The van der Waals surface area contributed by atoms with Gasteiger partial charge in [0.2, 0.25) is 5.91 Å². The molecule has 2 aromatic rings. The van der Waals surface area contributed by atoms with Gasteiger partial charge in [0, 0.05) is 36.1 Å². The Hall–Kier alpha value is -2.31. The molecule has 2 aliphatic rings. The van der Waals surface area contributed by atoms with E-state index in [2.05, 4.69) is 39.8 Å². The summed E-state index contributed by atoms with van der Waals surface area (Å²) in [6.45, 7) is 2.75. The zero-order chi connectivity index (χ0) is 17.9. The lowest BCUT2D eigenvalue weighted by Crippen LogP contribution is -2.37. The molecule has 2 amide bonds. The number of benzene rings is 2. The molecule has 2 aliphatic heterocycles. The second-order valence-electron chi connectivity index (χ2n) is 6.73. The Morgan fingerprint density at radius 3 is 2.92 bits per heavy atom. The molecular weight excluding hydrogens is 346 g/mol. The van der Waals surface area contributed by atoms with Gasteiger partial charge in [-0.3, -0.25) is 14.5 Å². The number of anilines is 1. The van der Waals surface area contributed by atoms with Gasteiger partial charge in [0.15, 0.2) is 0 Å². The van der Waals surface area contributed by atoms with Crippen molar-refractivity contribution < 1.29 is 9.59 Å². The number of amides is 2. The molecule has 4 rings (SSSR count). The van der Waals surface area contributed by atoms with Gasteiger partial charge in [-0.25, -0.2) is 0 Å². The van der Waals surface area contributed by atoms with E-state index >= 15 is 0 Å². The minimum atomic E-state index is -0.0795. The summed E-state index contributed by atoms with van der Waals surface area (Å²) in [7, 11) is 0. The number of carbonyl (C=O) groups excluding carboxylic acids is 2. The number of nitrogens with zero attached hydrogens (tertiary/aromatic N) is 1. The average Bonchev–Trinajstić information content (AvgIpc) is 3.08. The molecule has 2 N–H and O–H groups in total.